The van der Waals surface area contributed by atoms with Crippen LogP contribution in [0, 0.1) is 0 Å². The molecular weight excluding hydrogens is 353 g/mol. The Balaban J connectivity index is 2.19. The first-order valence-corrected chi connectivity index (χ1v) is 7.59. The number of hydrogen-bond acceptors (Lipinski definition) is 4. The van der Waals surface area contributed by atoms with Crippen LogP contribution < -0.4 is 20.6 Å². The summed E-state index contributed by atoms with van der Waals surface area (Å²) in [4.78, 5) is 10.6. The molecule has 0 saturated carbocycles. The number of halogens is 2. The summed E-state index contributed by atoms with van der Waals surface area (Å²) in [6.45, 7) is 0.242. The summed E-state index contributed by atoms with van der Waals surface area (Å²) in [7, 11) is 1.50. The predicted molar refractivity (Wildman–Crippen MR) is 94.1 cm³/mol. The molecule has 0 aliphatic rings. The van der Waals surface area contributed by atoms with E-state index >= 15 is 0 Å². The lowest BCUT2D eigenvalue weighted by atomic mass is 10.2. The van der Waals surface area contributed by atoms with Gasteiger partial charge >= 0.3 is 6.03 Å². The first-order valence-electron chi connectivity index (χ1n) is 6.83. The van der Waals surface area contributed by atoms with E-state index in [9.17, 15) is 4.79 Å². The van der Waals surface area contributed by atoms with E-state index in [1.54, 1.807) is 18.2 Å². The second-order valence-electron chi connectivity index (χ2n) is 4.65. The van der Waals surface area contributed by atoms with Crippen LogP contribution in [0.2, 0.25) is 10.0 Å². The molecule has 2 amide bonds. The molecule has 0 aromatic heterocycles. The van der Waals surface area contributed by atoms with Crippen LogP contribution in [-0.4, -0.2) is 19.4 Å². The van der Waals surface area contributed by atoms with E-state index in [0.29, 0.717) is 27.1 Å². The number of nitrogens with two attached hydrogens (primary N) is 1. The Hall–Kier alpha value is -2.44. The van der Waals surface area contributed by atoms with Crippen LogP contribution in [0.15, 0.2) is 41.5 Å². The molecule has 0 bridgehead atoms. The topological polar surface area (TPSA) is 85.9 Å². The highest BCUT2D eigenvalue weighted by Gasteiger charge is 2.12. The Labute approximate surface area is 149 Å². The maximum absolute atomic E-state index is 10.6. The van der Waals surface area contributed by atoms with Crippen molar-refractivity contribution >= 4 is 35.4 Å². The molecule has 2 rings (SSSR count). The number of amides is 2. The van der Waals surface area contributed by atoms with Gasteiger partial charge in [-0.15, -0.1) is 0 Å². The highest BCUT2D eigenvalue weighted by Crippen LogP contribution is 2.36. The van der Waals surface area contributed by atoms with Gasteiger partial charge in [0.05, 0.1) is 18.3 Å². The molecular formula is C16H15Cl2N3O3. The standard InChI is InChI=1S/C16H15Cl2N3O3/c1-23-14-7-10(8-20-21-16(19)22)6-13(18)15(14)24-9-11-4-2-3-5-12(11)17/h2-8H,9H2,1H3,(H3,19,21,22)/b20-8+. The van der Waals surface area contributed by atoms with Gasteiger partial charge in [-0.3, -0.25) is 0 Å². The minimum Gasteiger partial charge on any atom is -0.493 e. The first kappa shape index (κ1) is 17.9. The van der Waals surface area contributed by atoms with E-state index in [1.807, 2.05) is 18.2 Å². The highest BCUT2D eigenvalue weighted by molar-refractivity contribution is 6.32. The van der Waals surface area contributed by atoms with Crippen molar-refractivity contribution in [3.8, 4) is 11.5 Å². The van der Waals surface area contributed by atoms with E-state index in [0.717, 1.165) is 5.56 Å². The molecule has 6 nitrogen and oxygen atoms in total. The number of carbonyl (C=O) groups excluding carboxylic acids is 1. The summed E-state index contributed by atoms with van der Waals surface area (Å²) in [5.74, 6) is 0.814. The second-order valence-corrected chi connectivity index (χ2v) is 5.46. The van der Waals surface area contributed by atoms with Crippen molar-refractivity contribution in [2.75, 3.05) is 7.11 Å². The average molecular weight is 368 g/mol. The lowest BCUT2D eigenvalue weighted by molar-refractivity contribution is 0.249. The smallest absolute Gasteiger partial charge is 0.332 e. The fourth-order valence-corrected chi connectivity index (χ4v) is 2.35. The zero-order valence-electron chi connectivity index (χ0n) is 12.8. The van der Waals surface area contributed by atoms with Crippen LogP contribution >= 0.6 is 23.2 Å². The van der Waals surface area contributed by atoms with Gasteiger partial charge in [0.1, 0.15) is 6.61 Å². The number of hydrogen-bond donors (Lipinski definition) is 2. The molecule has 0 saturated heterocycles. The average Bonchev–Trinajstić information content (AvgIpc) is 2.54. The number of hydrazone groups is 1. The first-order chi connectivity index (χ1) is 11.5. The van der Waals surface area contributed by atoms with E-state index in [-0.39, 0.29) is 6.61 Å². The monoisotopic (exact) mass is 367 g/mol. The fraction of sp³-hybridized carbons (Fsp3) is 0.125. The molecule has 0 heterocycles. The molecule has 0 aliphatic heterocycles. The summed E-state index contributed by atoms with van der Waals surface area (Å²) in [6.07, 6.45) is 1.39. The quantitative estimate of drug-likeness (QED) is 0.604. The maximum atomic E-state index is 10.6. The van der Waals surface area contributed by atoms with E-state index in [1.165, 1.54) is 13.3 Å². The normalized spacial score (nSPS) is 10.6. The third-order valence-corrected chi connectivity index (χ3v) is 3.62. The van der Waals surface area contributed by atoms with Crippen LogP contribution in [-0.2, 0) is 6.61 Å². The highest BCUT2D eigenvalue weighted by atomic mass is 35.5. The summed E-state index contributed by atoms with van der Waals surface area (Å²) >= 11 is 12.4. The minimum atomic E-state index is -0.760. The van der Waals surface area contributed by atoms with Crippen molar-refractivity contribution in [3.63, 3.8) is 0 Å². The van der Waals surface area contributed by atoms with Crippen LogP contribution in [0.1, 0.15) is 11.1 Å². The SMILES string of the molecule is COc1cc(/C=N/NC(N)=O)cc(Cl)c1OCc1ccccc1Cl. The Morgan fingerprint density at radius 2 is 2.04 bits per heavy atom. The van der Waals surface area contributed by atoms with Crippen molar-refractivity contribution in [1.29, 1.82) is 0 Å². The van der Waals surface area contributed by atoms with E-state index in [2.05, 4.69) is 10.5 Å². The molecule has 0 unspecified atom stereocenters. The molecule has 2 aromatic carbocycles. The number of carbonyl (C=O) groups is 1. The van der Waals surface area contributed by atoms with Crippen LogP contribution in [0.4, 0.5) is 4.79 Å². The molecule has 0 aliphatic carbocycles. The molecule has 0 fully saturated rings. The number of urea groups is 1. The Morgan fingerprint density at radius 3 is 2.71 bits per heavy atom. The van der Waals surface area contributed by atoms with Gasteiger partial charge in [-0.25, -0.2) is 10.2 Å². The molecule has 8 heteroatoms. The zero-order chi connectivity index (χ0) is 17.5. The van der Waals surface area contributed by atoms with Gasteiger partial charge in [0.15, 0.2) is 11.5 Å². The maximum Gasteiger partial charge on any atom is 0.332 e. The third-order valence-electron chi connectivity index (χ3n) is 2.97. The van der Waals surface area contributed by atoms with Gasteiger partial charge in [0.25, 0.3) is 0 Å². The largest absolute Gasteiger partial charge is 0.493 e. The Kier molecular flexibility index (Phi) is 6.28. The minimum absolute atomic E-state index is 0.242. The second kappa shape index (κ2) is 8.42. The molecule has 3 N–H and O–H groups in total. The molecule has 0 spiro atoms. The number of primary amides is 1. The summed E-state index contributed by atoms with van der Waals surface area (Å²) in [6, 6.07) is 9.88. The van der Waals surface area contributed by atoms with Crippen molar-refractivity contribution < 1.29 is 14.3 Å². The summed E-state index contributed by atoms with van der Waals surface area (Å²) in [5.41, 5.74) is 8.46. The Morgan fingerprint density at radius 1 is 1.29 bits per heavy atom. The number of benzene rings is 2. The Bertz CT molecular complexity index is 766. The summed E-state index contributed by atoms with van der Waals surface area (Å²) < 4.78 is 11.0. The van der Waals surface area contributed by atoms with Crippen molar-refractivity contribution in [1.82, 2.24) is 5.43 Å². The predicted octanol–water partition coefficient (Wildman–Crippen LogP) is 3.58. The van der Waals surface area contributed by atoms with E-state index in [4.69, 9.17) is 38.4 Å². The van der Waals surface area contributed by atoms with Gasteiger partial charge < -0.3 is 15.2 Å². The molecule has 24 heavy (non-hydrogen) atoms. The lowest BCUT2D eigenvalue weighted by Crippen LogP contribution is -2.24. The molecule has 2 aromatic rings. The van der Waals surface area contributed by atoms with Crippen LogP contribution in [0.3, 0.4) is 0 Å². The van der Waals surface area contributed by atoms with Gasteiger partial charge in [0, 0.05) is 10.6 Å². The molecule has 0 radical (unpaired) electrons. The third kappa shape index (κ3) is 4.78. The number of nitrogens with one attached hydrogen (secondary N) is 1. The van der Waals surface area contributed by atoms with Crippen LogP contribution in [0.25, 0.3) is 0 Å². The molecule has 0 atom stereocenters. The number of rotatable bonds is 6. The summed E-state index contributed by atoms with van der Waals surface area (Å²) in [5, 5.41) is 4.61. The van der Waals surface area contributed by atoms with Crippen LogP contribution in [0.5, 0.6) is 11.5 Å². The number of ether oxygens (including phenoxy) is 2. The number of methoxy groups -OCH3 is 1. The fourth-order valence-electron chi connectivity index (χ4n) is 1.89. The lowest BCUT2D eigenvalue weighted by Gasteiger charge is -2.14. The van der Waals surface area contributed by atoms with Gasteiger partial charge in [-0.05, 0) is 23.8 Å². The van der Waals surface area contributed by atoms with Crippen molar-refractivity contribution in [2.45, 2.75) is 6.61 Å². The van der Waals surface area contributed by atoms with Gasteiger partial charge in [-0.2, -0.15) is 5.10 Å². The van der Waals surface area contributed by atoms with Gasteiger partial charge in [0.2, 0.25) is 0 Å². The number of nitrogens with zero attached hydrogens (tertiary/aromatic N) is 1. The van der Waals surface area contributed by atoms with Gasteiger partial charge in [-0.1, -0.05) is 41.4 Å². The molecule has 126 valence electrons. The van der Waals surface area contributed by atoms with Crippen molar-refractivity contribution in [2.24, 2.45) is 10.8 Å². The van der Waals surface area contributed by atoms with Crippen molar-refractivity contribution in [3.05, 3.63) is 57.6 Å². The zero-order valence-corrected chi connectivity index (χ0v) is 14.3. The van der Waals surface area contributed by atoms with E-state index < -0.39 is 6.03 Å².